The number of carbonyl (C=O) groups is 1. The second-order valence-corrected chi connectivity index (χ2v) is 5.82. The summed E-state index contributed by atoms with van der Waals surface area (Å²) in [6.07, 6.45) is 1.65. The minimum Gasteiger partial charge on any atom is -0.330 e. The Kier molecular flexibility index (Phi) is 5.02. The number of aryl methyl sites for hydroxylation is 1. The van der Waals surface area contributed by atoms with Crippen LogP contribution in [0, 0.1) is 6.92 Å². The number of nitrogens with zero attached hydrogens (tertiary/aromatic N) is 2. The van der Waals surface area contributed by atoms with Crippen molar-refractivity contribution in [2.75, 3.05) is 0 Å². The fourth-order valence-electron chi connectivity index (χ4n) is 2.58. The molecule has 0 N–H and O–H groups in total. The number of hydrogen-bond acceptors (Lipinski definition) is 2. The van der Waals surface area contributed by atoms with Crippen molar-refractivity contribution in [1.29, 1.82) is 0 Å². The molecule has 120 valence electrons. The van der Waals surface area contributed by atoms with Gasteiger partial charge < -0.3 is 4.90 Å². The van der Waals surface area contributed by atoms with E-state index in [1.54, 1.807) is 6.20 Å². The van der Waals surface area contributed by atoms with Crippen LogP contribution in [-0.2, 0) is 13.1 Å². The number of rotatable bonds is 5. The van der Waals surface area contributed by atoms with Gasteiger partial charge in [-0.3, -0.25) is 9.78 Å². The summed E-state index contributed by atoms with van der Waals surface area (Å²) < 4.78 is 0. The maximum Gasteiger partial charge on any atom is 0.256 e. The fourth-order valence-corrected chi connectivity index (χ4v) is 2.58. The normalized spacial score (nSPS) is 10.4. The second kappa shape index (κ2) is 7.55. The Bertz CT molecular complexity index is 742. The molecule has 1 amide bonds. The molecule has 0 saturated carbocycles. The third kappa shape index (κ3) is 4.07. The molecule has 0 saturated heterocycles. The molecule has 3 nitrogen and oxygen atoms in total. The van der Waals surface area contributed by atoms with Crippen LogP contribution >= 0.6 is 0 Å². The first-order valence-electron chi connectivity index (χ1n) is 8.02. The SMILES string of the molecule is Cc1ccc(C(=O)N(Cc2ccccc2)Cc2ccccc2)cn1. The first-order valence-corrected chi connectivity index (χ1v) is 8.02. The third-order valence-electron chi connectivity index (χ3n) is 3.88. The summed E-state index contributed by atoms with van der Waals surface area (Å²) in [4.78, 5) is 19.1. The van der Waals surface area contributed by atoms with Crippen molar-refractivity contribution in [2.45, 2.75) is 20.0 Å². The Morgan fingerprint density at radius 2 is 1.38 bits per heavy atom. The molecule has 0 spiro atoms. The first kappa shape index (κ1) is 15.9. The molecule has 2 aromatic carbocycles. The van der Waals surface area contributed by atoms with Crippen molar-refractivity contribution < 1.29 is 4.79 Å². The monoisotopic (exact) mass is 316 g/mol. The topological polar surface area (TPSA) is 33.2 Å². The van der Waals surface area contributed by atoms with E-state index in [9.17, 15) is 4.79 Å². The highest BCUT2D eigenvalue weighted by atomic mass is 16.2. The number of carbonyl (C=O) groups excluding carboxylic acids is 1. The Morgan fingerprint density at radius 3 is 1.83 bits per heavy atom. The highest BCUT2D eigenvalue weighted by Gasteiger charge is 2.17. The molecule has 1 heterocycles. The van der Waals surface area contributed by atoms with Crippen molar-refractivity contribution >= 4 is 5.91 Å². The summed E-state index contributed by atoms with van der Waals surface area (Å²) in [5.74, 6) is -0.00444. The number of hydrogen-bond donors (Lipinski definition) is 0. The smallest absolute Gasteiger partial charge is 0.256 e. The van der Waals surface area contributed by atoms with Gasteiger partial charge in [0.05, 0.1) is 5.56 Å². The van der Waals surface area contributed by atoms with Crippen molar-refractivity contribution in [1.82, 2.24) is 9.88 Å². The number of pyridine rings is 1. The van der Waals surface area contributed by atoms with E-state index in [2.05, 4.69) is 4.98 Å². The van der Waals surface area contributed by atoms with Gasteiger partial charge in [-0.1, -0.05) is 60.7 Å². The van der Waals surface area contributed by atoms with Crippen LogP contribution < -0.4 is 0 Å². The molecule has 0 aliphatic heterocycles. The third-order valence-corrected chi connectivity index (χ3v) is 3.88. The van der Waals surface area contributed by atoms with Crippen molar-refractivity contribution in [2.24, 2.45) is 0 Å². The zero-order chi connectivity index (χ0) is 16.8. The largest absolute Gasteiger partial charge is 0.330 e. The molecule has 3 rings (SSSR count). The molecule has 0 aliphatic carbocycles. The molecular weight excluding hydrogens is 296 g/mol. The molecule has 24 heavy (non-hydrogen) atoms. The molecular formula is C21H20N2O. The van der Waals surface area contributed by atoms with Crippen LogP contribution in [0.3, 0.4) is 0 Å². The number of aromatic nitrogens is 1. The van der Waals surface area contributed by atoms with E-state index >= 15 is 0 Å². The molecule has 0 aliphatic rings. The van der Waals surface area contributed by atoms with Gasteiger partial charge in [0.15, 0.2) is 0 Å². The molecule has 0 bridgehead atoms. The molecule has 0 radical (unpaired) electrons. The summed E-state index contributed by atoms with van der Waals surface area (Å²) >= 11 is 0. The average Bonchev–Trinajstić information content (AvgIpc) is 2.63. The number of benzene rings is 2. The first-order chi connectivity index (χ1) is 11.7. The van der Waals surface area contributed by atoms with Crippen LogP contribution in [0.1, 0.15) is 27.2 Å². The quantitative estimate of drug-likeness (QED) is 0.705. The van der Waals surface area contributed by atoms with Gasteiger partial charge >= 0.3 is 0 Å². The molecule has 0 fully saturated rings. The second-order valence-electron chi connectivity index (χ2n) is 5.82. The Hall–Kier alpha value is -2.94. The molecule has 0 atom stereocenters. The van der Waals surface area contributed by atoms with E-state index in [1.807, 2.05) is 84.6 Å². The lowest BCUT2D eigenvalue weighted by molar-refractivity contribution is 0.0729. The van der Waals surface area contributed by atoms with E-state index < -0.39 is 0 Å². The van der Waals surface area contributed by atoms with Gasteiger partial charge in [0.1, 0.15) is 0 Å². The van der Waals surface area contributed by atoms with Crippen LogP contribution in [0.2, 0.25) is 0 Å². The minimum absolute atomic E-state index is 0.00444. The lowest BCUT2D eigenvalue weighted by Gasteiger charge is -2.23. The highest BCUT2D eigenvalue weighted by Crippen LogP contribution is 2.14. The van der Waals surface area contributed by atoms with Crippen molar-refractivity contribution in [3.05, 3.63) is 101 Å². The lowest BCUT2D eigenvalue weighted by atomic mass is 10.1. The number of amides is 1. The van der Waals surface area contributed by atoms with Gasteiger partial charge in [-0.05, 0) is 30.2 Å². The van der Waals surface area contributed by atoms with Crippen LogP contribution in [-0.4, -0.2) is 15.8 Å². The van der Waals surface area contributed by atoms with Gasteiger partial charge in [0.25, 0.3) is 5.91 Å². The van der Waals surface area contributed by atoms with E-state index in [-0.39, 0.29) is 5.91 Å². The van der Waals surface area contributed by atoms with Gasteiger partial charge in [-0.2, -0.15) is 0 Å². The van der Waals surface area contributed by atoms with Gasteiger partial charge in [-0.15, -0.1) is 0 Å². The maximum absolute atomic E-state index is 13.0. The highest BCUT2D eigenvalue weighted by molar-refractivity contribution is 5.93. The van der Waals surface area contributed by atoms with Crippen molar-refractivity contribution in [3.63, 3.8) is 0 Å². The predicted octanol–water partition coefficient (Wildman–Crippen LogP) is 4.23. The summed E-state index contributed by atoms with van der Waals surface area (Å²) in [6, 6.07) is 23.8. The zero-order valence-corrected chi connectivity index (χ0v) is 13.7. The molecule has 3 heteroatoms. The summed E-state index contributed by atoms with van der Waals surface area (Å²) in [5, 5.41) is 0. The standard InChI is InChI=1S/C21H20N2O/c1-17-12-13-20(14-22-17)21(24)23(15-18-8-4-2-5-9-18)16-19-10-6-3-7-11-19/h2-14H,15-16H2,1H3. The van der Waals surface area contributed by atoms with E-state index in [0.29, 0.717) is 18.7 Å². The van der Waals surface area contributed by atoms with Crippen molar-refractivity contribution in [3.8, 4) is 0 Å². The Labute approximate surface area is 142 Å². The summed E-state index contributed by atoms with van der Waals surface area (Å²) in [5.41, 5.74) is 3.75. The van der Waals surface area contributed by atoms with Crippen LogP contribution in [0.25, 0.3) is 0 Å². The summed E-state index contributed by atoms with van der Waals surface area (Å²) in [7, 11) is 0. The average molecular weight is 316 g/mol. The summed E-state index contributed by atoms with van der Waals surface area (Å²) in [6.45, 7) is 3.06. The molecule has 3 aromatic rings. The van der Waals surface area contributed by atoms with E-state index in [0.717, 1.165) is 16.8 Å². The van der Waals surface area contributed by atoms with Gasteiger partial charge in [0, 0.05) is 25.0 Å². The zero-order valence-electron chi connectivity index (χ0n) is 13.7. The van der Waals surface area contributed by atoms with Gasteiger partial charge in [-0.25, -0.2) is 0 Å². The minimum atomic E-state index is -0.00444. The van der Waals surface area contributed by atoms with Crippen LogP contribution in [0.4, 0.5) is 0 Å². The Morgan fingerprint density at radius 1 is 0.833 bits per heavy atom. The fraction of sp³-hybridized carbons (Fsp3) is 0.143. The predicted molar refractivity (Wildman–Crippen MR) is 95.4 cm³/mol. The van der Waals surface area contributed by atoms with Crippen LogP contribution in [0.5, 0.6) is 0 Å². The van der Waals surface area contributed by atoms with Gasteiger partial charge in [0.2, 0.25) is 0 Å². The van der Waals surface area contributed by atoms with E-state index in [4.69, 9.17) is 0 Å². The molecule has 0 unspecified atom stereocenters. The van der Waals surface area contributed by atoms with E-state index in [1.165, 1.54) is 0 Å². The molecule has 1 aromatic heterocycles. The van der Waals surface area contributed by atoms with Crippen LogP contribution in [0.15, 0.2) is 79.0 Å². The lowest BCUT2D eigenvalue weighted by Crippen LogP contribution is -2.30. The Balaban J connectivity index is 1.85. The maximum atomic E-state index is 13.0.